The number of benzene rings is 1. The van der Waals surface area contributed by atoms with Gasteiger partial charge in [-0.1, -0.05) is 29.5 Å². The summed E-state index contributed by atoms with van der Waals surface area (Å²) >= 11 is 1.04. The first-order valence-corrected chi connectivity index (χ1v) is 5.22. The van der Waals surface area contributed by atoms with Crippen LogP contribution in [0.2, 0.25) is 0 Å². The fraction of sp³-hybridized carbons (Fsp3) is 0. The second kappa shape index (κ2) is 3.90. The molecule has 1 heterocycles. The number of nitrogens with zero attached hydrogens (tertiary/aromatic N) is 1. The van der Waals surface area contributed by atoms with Crippen molar-refractivity contribution in [2.75, 3.05) is 5.73 Å². The van der Waals surface area contributed by atoms with Gasteiger partial charge in [-0.05, 0) is 6.07 Å². The number of carbonyl (C=O) groups excluding carboxylic acids is 1. The highest BCUT2D eigenvalue weighted by Crippen LogP contribution is 2.32. The van der Waals surface area contributed by atoms with E-state index in [0.29, 0.717) is 4.88 Å². The Balaban J connectivity index is 2.64. The van der Waals surface area contributed by atoms with Crippen LogP contribution in [-0.2, 0) is 0 Å². The maximum Gasteiger partial charge on any atom is 0.268 e. The lowest BCUT2D eigenvalue weighted by atomic mass is 10.1. The lowest BCUT2D eigenvalue weighted by molar-refractivity contribution is 0.0997. The Morgan fingerprint density at radius 2 is 2.06 bits per heavy atom. The first-order valence-electron chi connectivity index (χ1n) is 4.40. The van der Waals surface area contributed by atoms with Gasteiger partial charge in [0.2, 0.25) is 0 Å². The average Bonchev–Trinajstić information content (AvgIpc) is 2.61. The van der Waals surface area contributed by atoms with Crippen molar-refractivity contribution in [3.8, 4) is 10.4 Å². The number of anilines is 1. The number of hydrogen-bond donors (Lipinski definition) is 2. The summed E-state index contributed by atoms with van der Waals surface area (Å²) in [4.78, 5) is 15.3. The summed E-state index contributed by atoms with van der Waals surface area (Å²) in [6, 6.07) is 6.08. The van der Waals surface area contributed by atoms with E-state index in [1.54, 1.807) is 18.2 Å². The van der Waals surface area contributed by atoms with Gasteiger partial charge in [0.05, 0.1) is 4.88 Å². The molecule has 0 fully saturated rings. The maximum absolute atomic E-state index is 13.5. The van der Waals surface area contributed by atoms with Gasteiger partial charge in [-0.25, -0.2) is 9.37 Å². The molecule has 0 aliphatic carbocycles. The third kappa shape index (κ3) is 1.74. The smallest absolute Gasteiger partial charge is 0.268 e. The Hall–Kier alpha value is -1.95. The standard InChI is InChI=1S/C10H8FN3OS/c11-6-4-2-1-3-5(6)8-7(9(12)15)14-10(13)16-8/h1-4H,(H2,12,15)(H2,13,14). The normalized spacial score (nSPS) is 10.3. The van der Waals surface area contributed by atoms with E-state index in [2.05, 4.69) is 4.98 Å². The van der Waals surface area contributed by atoms with Gasteiger partial charge in [-0.2, -0.15) is 0 Å². The highest BCUT2D eigenvalue weighted by atomic mass is 32.1. The van der Waals surface area contributed by atoms with E-state index in [1.807, 2.05) is 0 Å². The number of nitrogen functional groups attached to an aromatic ring is 1. The van der Waals surface area contributed by atoms with Gasteiger partial charge in [0.1, 0.15) is 11.5 Å². The van der Waals surface area contributed by atoms with Gasteiger partial charge in [0.15, 0.2) is 5.13 Å². The molecular weight excluding hydrogens is 229 g/mol. The Kier molecular flexibility index (Phi) is 2.57. The van der Waals surface area contributed by atoms with Crippen molar-refractivity contribution >= 4 is 22.4 Å². The van der Waals surface area contributed by atoms with Gasteiger partial charge in [0, 0.05) is 5.56 Å². The molecule has 4 N–H and O–H groups in total. The molecule has 1 aromatic heterocycles. The van der Waals surface area contributed by atoms with Crippen molar-refractivity contribution < 1.29 is 9.18 Å². The van der Waals surface area contributed by atoms with E-state index in [1.165, 1.54) is 6.07 Å². The molecule has 82 valence electrons. The zero-order valence-corrected chi connectivity index (χ0v) is 8.92. The maximum atomic E-state index is 13.5. The minimum Gasteiger partial charge on any atom is -0.375 e. The molecule has 0 saturated heterocycles. The lowest BCUT2D eigenvalue weighted by Crippen LogP contribution is -2.12. The van der Waals surface area contributed by atoms with E-state index in [0.717, 1.165) is 11.3 Å². The van der Waals surface area contributed by atoms with E-state index in [4.69, 9.17) is 11.5 Å². The summed E-state index contributed by atoms with van der Waals surface area (Å²) in [5.41, 5.74) is 10.9. The van der Waals surface area contributed by atoms with E-state index >= 15 is 0 Å². The Bertz CT molecular complexity index is 553. The second-order valence-corrected chi connectivity index (χ2v) is 4.10. The van der Waals surface area contributed by atoms with Gasteiger partial charge in [-0.15, -0.1) is 0 Å². The number of halogens is 1. The molecule has 2 aromatic rings. The van der Waals surface area contributed by atoms with Gasteiger partial charge >= 0.3 is 0 Å². The number of aromatic nitrogens is 1. The lowest BCUT2D eigenvalue weighted by Gasteiger charge is -2.00. The monoisotopic (exact) mass is 237 g/mol. The largest absolute Gasteiger partial charge is 0.375 e. The van der Waals surface area contributed by atoms with Crippen molar-refractivity contribution in [3.63, 3.8) is 0 Å². The summed E-state index contributed by atoms with van der Waals surface area (Å²) in [5.74, 6) is -1.15. The van der Waals surface area contributed by atoms with Gasteiger partial charge in [-0.3, -0.25) is 4.79 Å². The fourth-order valence-corrected chi connectivity index (χ4v) is 2.20. The molecule has 0 atom stereocenters. The van der Waals surface area contributed by atoms with Crippen LogP contribution in [0.15, 0.2) is 24.3 Å². The van der Waals surface area contributed by atoms with E-state index in [9.17, 15) is 9.18 Å². The van der Waals surface area contributed by atoms with Crippen molar-refractivity contribution in [3.05, 3.63) is 35.8 Å². The molecule has 0 aliphatic heterocycles. The molecule has 2 rings (SSSR count). The molecule has 0 unspecified atom stereocenters. The zero-order valence-electron chi connectivity index (χ0n) is 8.11. The summed E-state index contributed by atoms with van der Waals surface area (Å²) < 4.78 is 13.5. The van der Waals surface area contributed by atoms with Gasteiger partial charge in [0.25, 0.3) is 5.91 Å². The van der Waals surface area contributed by atoms with Crippen LogP contribution >= 0.6 is 11.3 Å². The van der Waals surface area contributed by atoms with E-state index in [-0.39, 0.29) is 16.4 Å². The average molecular weight is 237 g/mol. The topological polar surface area (TPSA) is 82.0 Å². The van der Waals surface area contributed by atoms with Crippen LogP contribution in [0.3, 0.4) is 0 Å². The molecule has 6 heteroatoms. The first kappa shape index (κ1) is 10.6. The third-order valence-electron chi connectivity index (χ3n) is 2.00. The predicted octanol–water partition coefficient (Wildman–Crippen LogP) is 1.63. The number of amides is 1. The second-order valence-electron chi connectivity index (χ2n) is 3.07. The molecule has 0 spiro atoms. The molecule has 0 saturated carbocycles. The number of thiazole rings is 1. The van der Waals surface area contributed by atoms with Crippen LogP contribution in [0.25, 0.3) is 10.4 Å². The molecule has 0 bridgehead atoms. The summed E-state index contributed by atoms with van der Waals surface area (Å²) in [5, 5.41) is 0.187. The molecule has 1 aromatic carbocycles. The van der Waals surface area contributed by atoms with Gasteiger partial charge < -0.3 is 11.5 Å². The molecule has 16 heavy (non-hydrogen) atoms. The Labute approximate surface area is 94.7 Å². The summed E-state index contributed by atoms with van der Waals surface area (Å²) in [6.07, 6.45) is 0. The van der Waals surface area contributed by atoms with Crippen LogP contribution in [0.5, 0.6) is 0 Å². The molecule has 1 amide bonds. The predicted molar refractivity (Wildman–Crippen MR) is 60.4 cm³/mol. The van der Waals surface area contributed by atoms with Crippen LogP contribution in [-0.4, -0.2) is 10.9 Å². The van der Waals surface area contributed by atoms with Crippen molar-refractivity contribution in [2.45, 2.75) is 0 Å². The van der Waals surface area contributed by atoms with Crippen molar-refractivity contribution in [1.29, 1.82) is 0 Å². The summed E-state index contributed by atoms with van der Waals surface area (Å²) in [6.45, 7) is 0. The highest BCUT2D eigenvalue weighted by molar-refractivity contribution is 7.19. The highest BCUT2D eigenvalue weighted by Gasteiger charge is 2.18. The van der Waals surface area contributed by atoms with Crippen LogP contribution in [0.4, 0.5) is 9.52 Å². The number of carbonyl (C=O) groups is 1. The molecular formula is C10H8FN3OS. The SMILES string of the molecule is NC(=O)c1nc(N)sc1-c1ccccc1F. The quantitative estimate of drug-likeness (QED) is 0.832. The first-order chi connectivity index (χ1) is 7.59. The van der Waals surface area contributed by atoms with Crippen molar-refractivity contribution in [2.24, 2.45) is 5.73 Å². The Morgan fingerprint density at radius 3 is 2.69 bits per heavy atom. The van der Waals surface area contributed by atoms with Crippen LogP contribution < -0.4 is 11.5 Å². The number of hydrogen-bond acceptors (Lipinski definition) is 4. The van der Waals surface area contributed by atoms with E-state index < -0.39 is 11.7 Å². The minimum atomic E-state index is -0.716. The zero-order chi connectivity index (χ0) is 11.7. The Morgan fingerprint density at radius 1 is 1.38 bits per heavy atom. The minimum absolute atomic E-state index is 0.00704. The molecule has 0 radical (unpaired) electrons. The van der Waals surface area contributed by atoms with Crippen LogP contribution in [0, 0.1) is 5.82 Å². The fourth-order valence-electron chi connectivity index (χ4n) is 1.33. The molecule has 0 aliphatic rings. The van der Waals surface area contributed by atoms with Crippen LogP contribution in [0.1, 0.15) is 10.5 Å². The van der Waals surface area contributed by atoms with Crippen molar-refractivity contribution in [1.82, 2.24) is 4.98 Å². The molecule has 4 nitrogen and oxygen atoms in total. The number of rotatable bonds is 2. The summed E-state index contributed by atoms with van der Waals surface area (Å²) in [7, 11) is 0. The number of primary amides is 1. The number of nitrogens with two attached hydrogens (primary N) is 2. The third-order valence-corrected chi connectivity index (χ3v) is 2.91.